The van der Waals surface area contributed by atoms with Gasteiger partial charge in [0.2, 0.25) is 0 Å². The Morgan fingerprint density at radius 2 is 1.67 bits per heavy atom. The summed E-state index contributed by atoms with van der Waals surface area (Å²) in [5.41, 5.74) is 8.37. The van der Waals surface area contributed by atoms with Crippen molar-refractivity contribution in [2.75, 3.05) is 6.61 Å². The van der Waals surface area contributed by atoms with Gasteiger partial charge in [-0.3, -0.25) is 4.79 Å². The van der Waals surface area contributed by atoms with Crippen molar-refractivity contribution >= 4 is 11.9 Å². The van der Waals surface area contributed by atoms with E-state index in [9.17, 15) is 14.7 Å². The Morgan fingerprint density at radius 3 is 2.51 bits per heavy atom. The molecule has 2 aliphatic carbocycles. The van der Waals surface area contributed by atoms with Crippen LogP contribution in [0.1, 0.15) is 102 Å². The smallest absolute Gasteiger partial charge is 0.335 e. The monoisotopic (exact) mass is 580 g/mol. The molecule has 0 heterocycles. The van der Waals surface area contributed by atoms with E-state index >= 15 is 0 Å². The van der Waals surface area contributed by atoms with E-state index in [2.05, 4.69) is 54.6 Å². The lowest BCUT2D eigenvalue weighted by Crippen LogP contribution is -2.21. The maximum absolute atomic E-state index is 11.5. The van der Waals surface area contributed by atoms with Crippen molar-refractivity contribution in [1.82, 2.24) is 0 Å². The Labute approximate surface area is 255 Å². The van der Waals surface area contributed by atoms with Gasteiger partial charge in [0, 0.05) is 6.42 Å². The summed E-state index contributed by atoms with van der Waals surface area (Å²) in [6, 6.07) is 22.8. The third-order valence-electron chi connectivity index (χ3n) is 9.23. The van der Waals surface area contributed by atoms with E-state index in [1.807, 2.05) is 12.1 Å². The molecule has 5 heteroatoms. The third-order valence-corrected chi connectivity index (χ3v) is 9.23. The lowest BCUT2D eigenvalue weighted by molar-refractivity contribution is -0.137. The van der Waals surface area contributed by atoms with E-state index < -0.39 is 11.9 Å². The van der Waals surface area contributed by atoms with Gasteiger partial charge in [0.1, 0.15) is 5.75 Å². The number of carboxylic acid groups (broad SMARTS) is 2. The predicted octanol–water partition coefficient (Wildman–Crippen LogP) is 8.58. The van der Waals surface area contributed by atoms with Crippen LogP contribution in [0.2, 0.25) is 0 Å². The van der Waals surface area contributed by atoms with Gasteiger partial charge in [-0.1, -0.05) is 60.2 Å². The molecule has 5 rings (SSSR count). The quantitative estimate of drug-likeness (QED) is 0.147. The first-order valence-corrected chi connectivity index (χ1v) is 16.0. The number of hydrogen-bond acceptors (Lipinski definition) is 3. The molecule has 2 unspecified atom stereocenters. The summed E-state index contributed by atoms with van der Waals surface area (Å²) in [6.45, 7) is 0.731. The largest absolute Gasteiger partial charge is 0.493 e. The van der Waals surface area contributed by atoms with E-state index in [-0.39, 0.29) is 6.42 Å². The van der Waals surface area contributed by atoms with Gasteiger partial charge < -0.3 is 14.9 Å². The topological polar surface area (TPSA) is 83.8 Å². The molecule has 0 saturated carbocycles. The molecule has 2 N–H and O–H groups in total. The first kappa shape index (κ1) is 30.6. The predicted molar refractivity (Wildman–Crippen MR) is 170 cm³/mol. The van der Waals surface area contributed by atoms with Crippen LogP contribution in [0.5, 0.6) is 5.75 Å². The fourth-order valence-corrected chi connectivity index (χ4v) is 6.86. The van der Waals surface area contributed by atoms with Crippen molar-refractivity contribution < 1.29 is 24.5 Å². The molecule has 226 valence electrons. The Hall–Kier alpha value is -3.86. The van der Waals surface area contributed by atoms with Crippen molar-refractivity contribution in [2.45, 2.75) is 89.4 Å². The first-order valence-electron chi connectivity index (χ1n) is 16.0. The SMILES string of the molecule is O=C(O)CCCC/C=C(\CCc1ccccc1OCC1CCc2ccccc2C1)CC1CCCc2cc(C(=O)O)ccc21. The zero-order valence-electron chi connectivity index (χ0n) is 25.1. The molecule has 0 fully saturated rings. The minimum absolute atomic E-state index is 0.211. The number of fused-ring (bicyclic) bond motifs is 2. The second kappa shape index (κ2) is 15.0. The molecular weight excluding hydrogens is 536 g/mol. The van der Waals surface area contributed by atoms with Crippen molar-refractivity contribution in [1.29, 1.82) is 0 Å². The lowest BCUT2D eigenvalue weighted by Gasteiger charge is -2.27. The van der Waals surface area contributed by atoms with Gasteiger partial charge >= 0.3 is 11.9 Å². The summed E-state index contributed by atoms with van der Waals surface area (Å²) < 4.78 is 6.46. The molecule has 0 saturated heterocycles. The van der Waals surface area contributed by atoms with Gasteiger partial charge in [-0.15, -0.1) is 0 Å². The number of unbranched alkanes of at least 4 members (excludes halogenated alkanes) is 2. The number of aliphatic carboxylic acids is 1. The third kappa shape index (κ3) is 8.59. The van der Waals surface area contributed by atoms with Gasteiger partial charge in [-0.2, -0.15) is 0 Å². The van der Waals surface area contributed by atoms with Gasteiger partial charge in [-0.25, -0.2) is 4.79 Å². The van der Waals surface area contributed by atoms with E-state index in [1.54, 1.807) is 6.07 Å². The number of allylic oxidation sites excluding steroid dienone is 2. The van der Waals surface area contributed by atoms with Crippen LogP contribution in [0.4, 0.5) is 0 Å². The second-order valence-corrected chi connectivity index (χ2v) is 12.3. The molecule has 0 bridgehead atoms. The number of carbonyl (C=O) groups is 2. The van der Waals surface area contributed by atoms with E-state index in [0.29, 0.717) is 23.8 Å². The molecule has 3 aromatic rings. The average Bonchev–Trinajstić information content (AvgIpc) is 3.02. The normalized spacial score (nSPS) is 18.0. The Bertz CT molecular complexity index is 1440. The highest BCUT2D eigenvalue weighted by molar-refractivity contribution is 5.88. The summed E-state index contributed by atoms with van der Waals surface area (Å²) in [6.07, 6.45) is 14.2. The Balaban J connectivity index is 1.24. The van der Waals surface area contributed by atoms with Crippen LogP contribution in [-0.2, 0) is 30.5 Å². The first-order chi connectivity index (χ1) is 21.0. The molecule has 43 heavy (non-hydrogen) atoms. The maximum Gasteiger partial charge on any atom is 0.335 e. The average molecular weight is 581 g/mol. The summed E-state index contributed by atoms with van der Waals surface area (Å²) >= 11 is 0. The van der Waals surface area contributed by atoms with Crippen LogP contribution in [-0.4, -0.2) is 28.8 Å². The van der Waals surface area contributed by atoms with Crippen LogP contribution in [0.15, 0.2) is 78.4 Å². The van der Waals surface area contributed by atoms with Crippen molar-refractivity contribution in [3.05, 3.63) is 112 Å². The van der Waals surface area contributed by atoms with E-state index in [4.69, 9.17) is 9.84 Å². The fourth-order valence-electron chi connectivity index (χ4n) is 6.86. The molecule has 3 aromatic carbocycles. The summed E-state index contributed by atoms with van der Waals surface area (Å²) in [4.78, 5) is 22.5. The number of carboxylic acids is 2. The van der Waals surface area contributed by atoms with Crippen LogP contribution >= 0.6 is 0 Å². The number of benzene rings is 3. The Kier molecular flexibility index (Phi) is 10.7. The zero-order chi connectivity index (χ0) is 30.0. The highest BCUT2D eigenvalue weighted by atomic mass is 16.5. The molecule has 2 atom stereocenters. The number of aromatic carboxylic acids is 1. The number of hydrogen-bond donors (Lipinski definition) is 2. The standard InChI is InChI=1S/C38H44O5/c39-37(40)16-3-1-2-9-27(23-32-13-8-14-33-25-34(38(41)42)21-22-35(32)33)17-20-30-11-6-7-15-36(30)43-26-28-18-19-29-10-4-5-12-31(29)24-28/h4-7,9-12,15,21-22,25,28,32H,1-3,8,13-14,16-20,23-24,26H2,(H,39,40)(H,41,42)/b27-9+. The zero-order valence-corrected chi connectivity index (χ0v) is 25.1. The Morgan fingerprint density at radius 1 is 0.860 bits per heavy atom. The van der Waals surface area contributed by atoms with Gasteiger partial charge in [0.05, 0.1) is 12.2 Å². The molecule has 5 nitrogen and oxygen atoms in total. The highest BCUT2D eigenvalue weighted by Gasteiger charge is 2.23. The molecule has 0 spiro atoms. The van der Waals surface area contributed by atoms with E-state index in [0.717, 1.165) is 83.0 Å². The number of rotatable bonds is 14. The van der Waals surface area contributed by atoms with Gasteiger partial charge in [0.15, 0.2) is 0 Å². The minimum Gasteiger partial charge on any atom is -0.493 e. The summed E-state index contributed by atoms with van der Waals surface area (Å²) in [5, 5.41) is 18.5. The molecule has 0 radical (unpaired) electrons. The molecular formula is C38H44O5. The van der Waals surface area contributed by atoms with Crippen molar-refractivity contribution in [3.63, 3.8) is 0 Å². The lowest BCUT2D eigenvalue weighted by atomic mass is 9.78. The second-order valence-electron chi connectivity index (χ2n) is 12.3. The molecule has 0 amide bonds. The molecule has 2 aliphatic rings. The van der Waals surface area contributed by atoms with Crippen molar-refractivity contribution in [2.24, 2.45) is 5.92 Å². The van der Waals surface area contributed by atoms with Crippen molar-refractivity contribution in [3.8, 4) is 5.75 Å². The molecule has 0 aliphatic heterocycles. The summed E-state index contributed by atoms with van der Waals surface area (Å²) in [5.74, 6) is 0.264. The number of ether oxygens (including phenoxy) is 1. The highest BCUT2D eigenvalue weighted by Crippen LogP contribution is 2.38. The van der Waals surface area contributed by atoms with Gasteiger partial charge in [-0.05, 0) is 135 Å². The van der Waals surface area contributed by atoms with E-state index in [1.165, 1.54) is 33.4 Å². The van der Waals surface area contributed by atoms with Crippen LogP contribution < -0.4 is 4.74 Å². The maximum atomic E-state index is 11.5. The van der Waals surface area contributed by atoms with Crippen LogP contribution in [0.3, 0.4) is 0 Å². The minimum atomic E-state index is -0.874. The van der Waals surface area contributed by atoms with Gasteiger partial charge in [0.25, 0.3) is 0 Å². The number of para-hydroxylation sites is 1. The summed E-state index contributed by atoms with van der Waals surface area (Å²) in [7, 11) is 0. The molecule has 0 aromatic heterocycles. The van der Waals surface area contributed by atoms with Crippen LogP contribution in [0.25, 0.3) is 0 Å². The van der Waals surface area contributed by atoms with Crippen LogP contribution in [0, 0.1) is 5.92 Å². The fraction of sp³-hybridized carbons (Fsp3) is 0.421. The number of aryl methyl sites for hydroxylation is 3.